The van der Waals surface area contributed by atoms with Crippen LogP contribution in [0.1, 0.15) is 24.2 Å². The standard InChI is InChI=1S/C19H16F2N2O4/c1-10(24)12-3-6-17-16(7-12)23(19(26)11(2)27-17)9-18(25)22-13-4-5-14(20)15(21)8-13/h3-8,11H,9H2,1-2H3,(H,22,25). The molecule has 0 saturated carbocycles. The van der Waals surface area contributed by atoms with Crippen LogP contribution in [-0.2, 0) is 9.59 Å². The Bertz CT molecular complexity index is 945. The van der Waals surface area contributed by atoms with Crippen molar-refractivity contribution in [2.75, 3.05) is 16.8 Å². The largest absolute Gasteiger partial charge is 0.479 e. The van der Waals surface area contributed by atoms with Crippen molar-refractivity contribution < 1.29 is 27.9 Å². The van der Waals surface area contributed by atoms with Crippen molar-refractivity contribution in [2.45, 2.75) is 20.0 Å². The lowest BCUT2D eigenvalue weighted by Crippen LogP contribution is -2.47. The van der Waals surface area contributed by atoms with Gasteiger partial charge in [-0.1, -0.05) is 0 Å². The molecule has 2 aromatic carbocycles. The average molecular weight is 374 g/mol. The smallest absolute Gasteiger partial charge is 0.268 e. The maximum absolute atomic E-state index is 13.3. The summed E-state index contributed by atoms with van der Waals surface area (Å²) in [6.45, 7) is 2.56. The number of nitrogens with one attached hydrogen (secondary N) is 1. The van der Waals surface area contributed by atoms with Gasteiger partial charge in [0.2, 0.25) is 5.91 Å². The van der Waals surface area contributed by atoms with Gasteiger partial charge in [0.25, 0.3) is 5.91 Å². The summed E-state index contributed by atoms with van der Waals surface area (Å²) >= 11 is 0. The number of anilines is 2. The molecule has 1 aliphatic rings. The topological polar surface area (TPSA) is 75.7 Å². The van der Waals surface area contributed by atoms with E-state index in [0.29, 0.717) is 17.0 Å². The summed E-state index contributed by atoms with van der Waals surface area (Å²) < 4.78 is 31.8. The number of nitrogens with zero attached hydrogens (tertiary/aromatic N) is 1. The molecule has 0 aromatic heterocycles. The number of halogens is 2. The van der Waals surface area contributed by atoms with Crippen molar-refractivity contribution in [1.29, 1.82) is 0 Å². The first kappa shape index (κ1) is 18.5. The molecule has 1 aliphatic heterocycles. The second-order valence-electron chi connectivity index (χ2n) is 6.10. The highest BCUT2D eigenvalue weighted by Gasteiger charge is 2.33. The fourth-order valence-corrected chi connectivity index (χ4v) is 2.71. The lowest BCUT2D eigenvalue weighted by molar-refractivity contribution is -0.127. The number of hydrogen-bond donors (Lipinski definition) is 1. The van der Waals surface area contributed by atoms with E-state index in [-0.39, 0.29) is 18.0 Å². The molecule has 1 N–H and O–H groups in total. The van der Waals surface area contributed by atoms with Crippen molar-refractivity contribution in [2.24, 2.45) is 0 Å². The first-order valence-electron chi connectivity index (χ1n) is 8.14. The Labute approximate surface area is 153 Å². The molecule has 0 spiro atoms. The first-order chi connectivity index (χ1) is 12.8. The molecule has 1 heterocycles. The average Bonchev–Trinajstić information content (AvgIpc) is 2.61. The predicted molar refractivity (Wildman–Crippen MR) is 93.9 cm³/mol. The van der Waals surface area contributed by atoms with Gasteiger partial charge in [-0.3, -0.25) is 19.3 Å². The zero-order valence-electron chi connectivity index (χ0n) is 14.6. The van der Waals surface area contributed by atoms with Gasteiger partial charge in [0, 0.05) is 17.3 Å². The second kappa shape index (κ2) is 7.14. The van der Waals surface area contributed by atoms with Crippen molar-refractivity contribution in [1.82, 2.24) is 0 Å². The molecule has 3 rings (SSSR count). The molecule has 0 fully saturated rings. The molecule has 1 atom stereocenters. The zero-order valence-corrected chi connectivity index (χ0v) is 14.6. The lowest BCUT2D eigenvalue weighted by Gasteiger charge is -2.32. The molecule has 140 valence electrons. The van der Waals surface area contributed by atoms with E-state index in [4.69, 9.17) is 4.74 Å². The fraction of sp³-hybridized carbons (Fsp3) is 0.211. The van der Waals surface area contributed by atoms with E-state index in [1.165, 1.54) is 24.0 Å². The van der Waals surface area contributed by atoms with Crippen LogP contribution >= 0.6 is 0 Å². The Kier molecular flexibility index (Phi) is 4.89. The van der Waals surface area contributed by atoms with E-state index in [1.807, 2.05) is 0 Å². The summed E-state index contributed by atoms with van der Waals surface area (Å²) in [4.78, 5) is 37.6. The maximum atomic E-state index is 13.3. The minimum absolute atomic E-state index is 0.0605. The number of ether oxygens (including phenoxy) is 1. The zero-order chi connectivity index (χ0) is 19.7. The molecule has 2 amide bonds. The van der Waals surface area contributed by atoms with Crippen LogP contribution in [-0.4, -0.2) is 30.2 Å². The third kappa shape index (κ3) is 3.79. The molecule has 0 bridgehead atoms. The molecule has 1 unspecified atom stereocenters. The van der Waals surface area contributed by atoms with Gasteiger partial charge in [-0.25, -0.2) is 8.78 Å². The van der Waals surface area contributed by atoms with E-state index < -0.39 is 29.6 Å². The highest BCUT2D eigenvalue weighted by atomic mass is 19.2. The van der Waals surface area contributed by atoms with Gasteiger partial charge in [0.1, 0.15) is 12.3 Å². The Morgan fingerprint density at radius 1 is 1.15 bits per heavy atom. The summed E-state index contributed by atoms with van der Waals surface area (Å²) in [5.41, 5.74) is 0.724. The van der Waals surface area contributed by atoms with Gasteiger partial charge in [-0.2, -0.15) is 0 Å². The number of carbonyl (C=O) groups excluding carboxylic acids is 3. The van der Waals surface area contributed by atoms with Crippen LogP contribution in [0.25, 0.3) is 0 Å². The normalized spacial score (nSPS) is 15.8. The molecule has 0 radical (unpaired) electrons. The van der Waals surface area contributed by atoms with Crippen molar-refractivity contribution in [3.05, 3.63) is 53.6 Å². The summed E-state index contributed by atoms with van der Waals surface area (Å²) in [5, 5.41) is 2.41. The molecule has 8 heteroatoms. The van der Waals surface area contributed by atoms with E-state index in [2.05, 4.69) is 5.32 Å². The number of hydrogen-bond acceptors (Lipinski definition) is 4. The highest BCUT2D eigenvalue weighted by molar-refractivity contribution is 6.07. The molecule has 27 heavy (non-hydrogen) atoms. The molecule has 0 saturated heterocycles. The van der Waals surface area contributed by atoms with Crippen LogP contribution in [0.4, 0.5) is 20.2 Å². The molecule has 0 aliphatic carbocycles. The van der Waals surface area contributed by atoms with E-state index in [9.17, 15) is 23.2 Å². The minimum Gasteiger partial charge on any atom is -0.479 e. The monoisotopic (exact) mass is 374 g/mol. The van der Waals surface area contributed by atoms with Crippen LogP contribution in [0.3, 0.4) is 0 Å². The van der Waals surface area contributed by atoms with Gasteiger partial charge < -0.3 is 10.1 Å². The lowest BCUT2D eigenvalue weighted by atomic mass is 10.1. The minimum atomic E-state index is -1.10. The summed E-state index contributed by atoms with van der Waals surface area (Å²) in [6, 6.07) is 7.56. The SMILES string of the molecule is CC(=O)c1ccc2c(c1)N(CC(=O)Nc1ccc(F)c(F)c1)C(=O)C(C)O2. The quantitative estimate of drug-likeness (QED) is 0.835. The molecular weight excluding hydrogens is 358 g/mol. The Morgan fingerprint density at radius 3 is 2.56 bits per heavy atom. The van der Waals surface area contributed by atoms with Crippen LogP contribution in [0.5, 0.6) is 5.75 Å². The number of Topliss-reactive ketones (excluding diaryl/α,β-unsaturated/α-hetero) is 1. The van der Waals surface area contributed by atoms with Crippen molar-refractivity contribution in [3.8, 4) is 5.75 Å². The molecule has 6 nitrogen and oxygen atoms in total. The highest BCUT2D eigenvalue weighted by Crippen LogP contribution is 2.35. The van der Waals surface area contributed by atoms with E-state index in [0.717, 1.165) is 12.1 Å². The molecule has 2 aromatic rings. The number of fused-ring (bicyclic) bond motifs is 1. The number of ketones is 1. The molecular formula is C19H16F2N2O4. The van der Waals surface area contributed by atoms with Gasteiger partial charge >= 0.3 is 0 Å². The third-order valence-electron chi connectivity index (χ3n) is 4.08. The third-order valence-corrected chi connectivity index (χ3v) is 4.08. The van der Waals surface area contributed by atoms with Crippen molar-refractivity contribution >= 4 is 29.0 Å². The summed E-state index contributed by atoms with van der Waals surface area (Å²) in [5.74, 6) is -3.02. The maximum Gasteiger partial charge on any atom is 0.268 e. The number of benzene rings is 2. The number of carbonyl (C=O) groups is 3. The predicted octanol–water partition coefficient (Wildman–Crippen LogP) is 2.92. The second-order valence-corrected chi connectivity index (χ2v) is 6.10. The first-order valence-corrected chi connectivity index (χ1v) is 8.14. The van der Waals surface area contributed by atoms with Crippen molar-refractivity contribution in [3.63, 3.8) is 0 Å². The van der Waals surface area contributed by atoms with Crippen LogP contribution in [0, 0.1) is 11.6 Å². The Morgan fingerprint density at radius 2 is 1.89 bits per heavy atom. The Hall–Kier alpha value is -3.29. The number of rotatable bonds is 4. The van der Waals surface area contributed by atoms with E-state index in [1.54, 1.807) is 19.1 Å². The van der Waals surface area contributed by atoms with Crippen LogP contribution < -0.4 is 15.0 Å². The Balaban J connectivity index is 1.85. The van der Waals surface area contributed by atoms with Gasteiger partial charge in [-0.15, -0.1) is 0 Å². The fourth-order valence-electron chi connectivity index (χ4n) is 2.71. The van der Waals surface area contributed by atoms with Gasteiger partial charge in [0.05, 0.1) is 5.69 Å². The van der Waals surface area contributed by atoms with Crippen LogP contribution in [0.2, 0.25) is 0 Å². The van der Waals surface area contributed by atoms with Crippen LogP contribution in [0.15, 0.2) is 36.4 Å². The summed E-state index contributed by atoms with van der Waals surface area (Å²) in [7, 11) is 0. The summed E-state index contributed by atoms with van der Waals surface area (Å²) in [6.07, 6.45) is -0.809. The van der Waals surface area contributed by atoms with Gasteiger partial charge in [-0.05, 0) is 44.2 Å². The van der Waals surface area contributed by atoms with Gasteiger partial charge in [0.15, 0.2) is 23.5 Å². The van der Waals surface area contributed by atoms with E-state index >= 15 is 0 Å². The number of amides is 2.